The van der Waals surface area contributed by atoms with Crippen molar-refractivity contribution in [3.8, 4) is 11.4 Å². The highest BCUT2D eigenvalue weighted by atomic mass is 16.2. The first-order valence-electron chi connectivity index (χ1n) is 12.0. The number of aromatic nitrogens is 3. The molecule has 172 valence electrons. The molecule has 0 saturated carbocycles. The molecule has 0 aliphatic carbocycles. The quantitative estimate of drug-likeness (QED) is 0.615. The standard InChI is InChI=1S/C26H32N6O/c1-19-14-20(2)17-32(16-19)24(33)18-30-10-12-31(13-11-30)26-22-7-3-4-8-23(22)28-25(29-26)21-6-5-9-27-15-21/h3-9,15,19-20H,10-14,16-18H2,1-2H3. The van der Waals surface area contributed by atoms with Gasteiger partial charge in [0.2, 0.25) is 5.91 Å². The molecule has 33 heavy (non-hydrogen) atoms. The van der Waals surface area contributed by atoms with Gasteiger partial charge in [-0.3, -0.25) is 14.7 Å². The number of nitrogens with zero attached hydrogens (tertiary/aromatic N) is 6. The van der Waals surface area contributed by atoms with Crippen molar-refractivity contribution < 1.29 is 4.79 Å². The van der Waals surface area contributed by atoms with Gasteiger partial charge in [0.1, 0.15) is 5.82 Å². The number of hydrogen-bond acceptors (Lipinski definition) is 6. The third-order valence-electron chi connectivity index (χ3n) is 6.76. The minimum absolute atomic E-state index is 0.271. The Morgan fingerprint density at radius 2 is 1.73 bits per heavy atom. The van der Waals surface area contributed by atoms with Crippen molar-refractivity contribution in [3.05, 3.63) is 48.8 Å². The zero-order chi connectivity index (χ0) is 22.8. The molecule has 4 heterocycles. The average Bonchev–Trinajstić information content (AvgIpc) is 2.84. The van der Waals surface area contributed by atoms with Crippen LogP contribution in [-0.2, 0) is 4.79 Å². The molecule has 2 saturated heterocycles. The van der Waals surface area contributed by atoms with E-state index in [1.54, 1.807) is 12.4 Å². The summed E-state index contributed by atoms with van der Waals surface area (Å²) >= 11 is 0. The van der Waals surface area contributed by atoms with Crippen LogP contribution in [0.2, 0.25) is 0 Å². The van der Waals surface area contributed by atoms with Gasteiger partial charge >= 0.3 is 0 Å². The first-order chi connectivity index (χ1) is 16.1. The second-order valence-corrected chi connectivity index (χ2v) is 9.64. The van der Waals surface area contributed by atoms with Gasteiger partial charge in [0.05, 0.1) is 12.1 Å². The highest BCUT2D eigenvalue weighted by Crippen LogP contribution is 2.28. The van der Waals surface area contributed by atoms with Crippen LogP contribution in [0.3, 0.4) is 0 Å². The molecule has 7 nitrogen and oxygen atoms in total. The first-order valence-corrected chi connectivity index (χ1v) is 12.0. The molecule has 3 aromatic rings. The molecule has 2 fully saturated rings. The maximum Gasteiger partial charge on any atom is 0.236 e. The van der Waals surface area contributed by atoms with Gasteiger partial charge in [-0.05, 0) is 42.5 Å². The van der Waals surface area contributed by atoms with E-state index in [2.05, 4.69) is 39.6 Å². The third-order valence-corrected chi connectivity index (χ3v) is 6.76. The molecule has 2 aliphatic rings. The number of fused-ring (bicyclic) bond motifs is 1. The van der Waals surface area contributed by atoms with E-state index in [1.165, 1.54) is 6.42 Å². The van der Waals surface area contributed by atoms with Crippen LogP contribution in [0.15, 0.2) is 48.8 Å². The van der Waals surface area contributed by atoms with Crippen LogP contribution in [0.1, 0.15) is 20.3 Å². The maximum atomic E-state index is 12.9. The largest absolute Gasteiger partial charge is 0.353 e. The van der Waals surface area contributed by atoms with Crippen molar-refractivity contribution in [2.24, 2.45) is 11.8 Å². The van der Waals surface area contributed by atoms with Crippen molar-refractivity contribution in [2.45, 2.75) is 20.3 Å². The van der Waals surface area contributed by atoms with Crippen LogP contribution >= 0.6 is 0 Å². The third kappa shape index (κ3) is 4.83. The van der Waals surface area contributed by atoms with Gasteiger partial charge in [0, 0.05) is 62.6 Å². The highest BCUT2D eigenvalue weighted by Gasteiger charge is 2.28. The normalized spacial score (nSPS) is 22.0. The maximum absolute atomic E-state index is 12.9. The Labute approximate surface area is 195 Å². The van der Waals surface area contributed by atoms with Crippen molar-refractivity contribution in [3.63, 3.8) is 0 Å². The molecule has 2 aliphatic heterocycles. The summed E-state index contributed by atoms with van der Waals surface area (Å²) in [5, 5.41) is 1.06. The van der Waals surface area contributed by atoms with E-state index in [-0.39, 0.29) is 5.91 Å². The van der Waals surface area contributed by atoms with E-state index >= 15 is 0 Å². The Morgan fingerprint density at radius 1 is 0.970 bits per heavy atom. The summed E-state index contributed by atoms with van der Waals surface area (Å²) in [6.45, 7) is 10.2. The lowest BCUT2D eigenvalue weighted by molar-refractivity contribution is -0.135. The SMILES string of the molecule is CC1CC(C)CN(C(=O)CN2CCN(c3nc(-c4cccnc4)nc4ccccc34)CC2)C1. The highest BCUT2D eigenvalue weighted by molar-refractivity contribution is 5.91. The second kappa shape index (κ2) is 9.43. The number of piperidine rings is 1. The predicted molar refractivity (Wildman–Crippen MR) is 131 cm³/mol. The van der Waals surface area contributed by atoms with Gasteiger partial charge in [-0.15, -0.1) is 0 Å². The Kier molecular flexibility index (Phi) is 6.22. The van der Waals surface area contributed by atoms with Crippen LogP contribution in [-0.4, -0.2) is 76.5 Å². The van der Waals surface area contributed by atoms with Crippen LogP contribution in [0.5, 0.6) is 0 Å². The van der Waals surface area contributed by atoms with Crippen LogP contribution in [0.4, 0.5) is 5.82 Å². The molecule has 5 rings (SSSR count). The molecule has 1 amide bonds. The number of piperazine rings is 1. The predicted octanol–water partition coefficient (Wildman–Crippen LogP) is 3.32. The van der Waals surface area contributed by atoms with Gasteiger partial charge in [0.15, 0.2) is 5.82 Å². The fourth-order valence-electron chi connectivity index (χ4n) is 5.20. The lowest BCUT2D eigenvalue weighted by Crippen LogP contribution is -2.52. The summed E-state index contributed by atoms with van der Waals surface area (Å²) in [6, 6.07) is 12.1. The Bertz CT molecular complexity index is 1100. The van der Waals surface area contributed by atoms with Gasteiger partial charge < -0.3 is 9.80 Å². The molecule has 2 aromatic heterocycles. The molecule has 2 unspecified atom stereocenters. The lowest BCUT2D eigenvalue weighted by Gasteiger charge is -2.39. The summed E-state index contributed by atoms with van der Waals surface area (Å²) in [5.41, 5.74) is 1.85. The average molecular weight is 445 g/mol. The van der Waals surface area contributed by atoms with Crippen LogP contribution in [0.25, 0.3) is 22.3 Å². The Balaban J connectivity index is 1.30. The molecule has 7 heteroatoms. The van der Waals surface area contributed by atoms with Crippen LogP contribution < -0.4 is 4.90 Å². The topological polar surface area (TPSA) is 65.5 Å². The van der Waals surface area contributed by atoms with E-state index in [0.717, 1.165) is 61.6 Å². The van der Waals surface area contributed by atoms with Crippen molar-refractivity contribution in [2.75, 3.05) is 50.7 Å². The fraction of sp³-hybridized carbons (Fsp3) is 0.462. The summed E-state index contributed by atoms with van der Waals surface area (Å²) in [5.74, 6) is 3.12. The van der Waals surface area contributed by atoms with Gasteiger partial charge in [-0.25, -0.2) is 9.97 Å². The number of likely N-dealkylation sites (tertiary alicyclic amines) is 1. The number of pyridine rings is 1. The minimum atomic E-state index is 0.271. The summed E-state index contributed by atoms with van der Waals surface area (Å²) < 4.78 is 0. The van der Waals surface area contributed by atoms with Crippen molar-refractivity contribution in [1.29, 1.82) is 0 Å². The molecular weight excluding hydrogens is 412 g/mol. The van der Waals surface area contributed by atoms with Crippen molar-refractivity contribution in [1.82, 2.24) is 24.8 Å². The lowest BCUT2D eigenvalue weighted by atomic mass is 9.92. The summed E-state index contributed by atoms with van der Waals surface area (Å²) in [7, 11) is 0. The van der Waals surface area contributed by atoms with E-state index < -0.39 is 0 Å². The van der Waals surface area contributed by atoms with E-state index in [1.807, 2.05) is 30.3 Å². The monoisotopic (exact) mass is 444 g/mol. The molecule has 1 aromatic carbocycles. The van der Waals surface area contributed by atoms with Crippen LogP contribution in [0, 0.1) is 11.8 Å². The number of rotatable bonds is 4. The zero-order valence-electron chi connectivity index (χ0n) is 19.5. The Hall–Kier alpha value is -3.06. The molecule has 2 atom stereocenters. The van der Waals surface area contributed by atoms with E-state index in [4.69, 9.17) is 9.97 Å². The number of amides is 1. The fourth-order valence-corrected chi connectivity index (χ4v) is 5.20. The van der Waals surface area contributed by atoms with Gasteiger partial charge in [-0.1, -0.05) is 26.0 Å². The number of carbonyl (C=O) groups is 1. The first kappa shape index (κ1) is 21.8. The number of anilines is 1. The molecule has 0 spiro atoms. The molecule has 0 radical (unpaired) electrons. The van der Waals surface area contributed by atoms with Gasteiger partial charge in [-0.2, -0.15) is 0 Å². The number of carbonyl (C=O) groups excluding carboxylic acids is 1. The second-order valence-electron chi connectivity index (χ2n) is 9.64. The summed E-state index contributed by atoms with van der Waals surface area (Å²) in [4.78, 5) is 33.6. The minimum Gasteiger partial charge on any atom is -0.353 e. The number of benzene rings is 1. The summed E-state index contributed by atoms with van der Waals surface area (Å²) in [6.07, 6.45) is 4.79. The number of para-hydroxylation sites is 1. The van der Waals surface area contributed by atoms with E-state index in [9.17, 15) is 4.79 Å². The van der Waals surface area contributed by atoms with Crippen molar-refractivity contribution >= 4 is 22.6 Å². The smallest absolute Gasteiger partial charge is 0.236 e. The number of hydrogen-bond donors (Lipinski definition) is 0. The molecule has 0 N–H and O–H groups in total. The Morgan fingerprint density at radius 3 is 2.45 bits per heavy atom. The van der Waals surface area contributed by atoms with E-state index in [0.29, 0.717) is 24.2 Å². The zero-order valence-corrected chi connectivity index (χ0v) is 19.5. The van der Waals surface area contributed by atoms with Gasteiger partial charge in [0.25, 0.3) is 0 Å². The molecular formula is C26H32N6O. The molecule has 0 bridgehead atoms.